The normalized spacial score (nSPS) is 16.5. The van der Waals surface area contributed by atoms with E-state index in [-0.39, 0.29) is 54.8 Å². The van der Waals surface area contributed by atoms with Crippen LogP contribution in [0.25, 0.3) is 22.3 Å². The van der Waals surface area contributed by atoms with Crippen molar-refractivity contribution < 1.29 is 28.6 Å². The van der Waals surface area contributed by atoms with E-state index in [0.717, 1.165) is 27.6 Å². The molecule has 0 N–H and O–H groups in total. The number of carbonyl (C=O) groups excluding carboxylic acids is 3. The number of aromatic nitrogens is 2. The number of pyridine rings is 2. The van der Waals surface area contributed by atoms with Crippen LogP contribution in [0.3, 0.4) is 0 Å². The van der Waals surface area contributed by atoms with E-state index in [4.69, 9.17) is 19.2 Å². The minimum Gasteiger partial charge on any atom is -0.457 e. The van der Waals surface area contributed by atoms with E-state index in [1.165, 1.54) is 0 Å². The van der Waals surface area contributed by atoms with Crippen molar-refractivity contribution in [3.8, 4) is 11.4 Å². The molecule has 4 heterocycles. The first-order chi connectivity index (χ1) is 21.6. The van der Waals surface area contributed by atoms with Gasteiger partial charge < -0.3 is 23.7 Å². The summed E-state index contributed by atoms with van der Waals surface area (Å²) in [5.41, 5.74) is 2.89. The van der Waals surface area contributed by atoms with Crippen LogP contribution in [0.1, 0.15) is 61.9 Å². The first-order valence-electron chi connectivity index (χ1n) is 15.2. The zero-order valence-electron chi connectivity index (χ0n) is 25.8. The molecule has 0 saturated heterocycles. The second kappa shape index (κ2) is 11.8. The van der Waals surface area contributed by atoms with Gasteiger partial charge in [-0.15, -0.1) is 0 Å². The van der Waals surface area contributed by atoms with Gasteiger partial charge in [0.1, 0.15) is 13.2 Å². The molecule has 1 amide bonds. The maximum atomic E-state index is 14.0. The lowest BCUT2D eigenvalue weighted by atomic mass is 9.85. The van der Waals surface area contributed by atoms with Gasteiger partial charge in [0, 0.05) is 36.0 Å². The quantitative estimate of drug-likeness (QED) is 0.219. The summed E-state index contributed by atoms with van der Waals surface area (Å²) in [6.07, 6.45) is -0.442. The fourth-order valence-corrected chi connectivity index (χ4v) is 6.46. The highest BCUT2D eigenvalue weighted by Gasteiger charge is 2.51. The number of cyclic esters (lactones) is 1. The van der Waals surface area contributed by atoms with Crippen LogP contribution in [-0.4, -0.2) is 45.1 Å². The minimum atomic E-state index is -1.86. The molecule has 10 heteroatoms. The van der Waals surface area contributed by atoms with E-state index in [1.54, 1.807) is 36.6 Å². The van der Waals surface area contributed by atoms with Crippen LogP contribution < -0.4 is 5.56 Å². The number of rotatable bonds is 8. The summed E-state index contributed by atoms with van der Waals surface area (Å²) in [5, 5.41) is 0.958. The predicted octanol–water partition coefficient (Wildman–Crippen LogP) is 5.24. The third-order valence-electron chi connectivity index (χ3n) is 8.77. The van der Waals surface area contributed by atoms with Crippen LogP contribution >= 0.6 is 0 Å². The summed E-state index contributed by atoms with van der Waals surface area (Å²) in [6, 6.07) is 18.7. The van der Waals surface area contributed by atoms with Crippen molar-refractivity contribution in [2.75, 3.05) is 6.54 Å². The summed E-state index contributed by atoms with van der Waals surface area (Å²) in [4.78, 5) is 59.5. The molecule has 2 aromatic carbocycles. The van der Waals surface area contributed by atoms with Gasteiger partial charge in [0.15, 0.2) is 0 Å². The molecular formula is C35H35N3O7. The molecule has 0 fully saturated rings. The Kier molecular flexibility index (Phi) is 7.90. The maximum absolute atomic E-state index is 14.0. The van der Waals surface area contributed by atoms with Crippen molar-refractivity contribution in [2.45, 2.75) is 71.9 Å². The molecule has 4 aromatic rings. The molecule has 0 unspecified atom stereocenters. The first-order valence-corrected chi connectivity index (χ1v) is 15.2. The van der Waals surface area contributed by atoms with Gasteiger partial charge in [0.2, 0.25) is 11.5 Å². The summed E-state index contributed by atoms with van der Waals surface area (Å²) in [6.45, 7) is 7.74. The van der Waals surface area contributed by atoms with E-state index in [1.807, 2.05) is 61.2 Å². The molecule has 232 valence electrons. The number of fused-ring (bicyclic) bond motifs is 5. The standard InChI is InChI=1S/C35H35N3O7/c1-5-35(45-34(42)44-19-23-11-7-6-8-12-23)28-17-30-31-26(18-38(30)32(40)27(28)20-43-33(35)41)24(15-16-37(21(2)3)22(4)39)25-13-9-10-14-29(25)36-31/h6-14,17,21H,5,15-16,18-20H2,1-4H3/t35-/m0/s1. The third kappa shape index (κ3) is 5.24. The lowest BCUT2D eigenvalue weighted by Crippen LogP contribution is -2.47. The molecule has 10 nitrogen and oxygen atoms in total. The fourth-order valence-electron chi connectivity index (χ4n) is 6.46. The molecule has 6 rings (SSSR count). The second-order valence-corrected chi connectivity index (χ2v) is 11.7. The number of hydrogen-bond donors (Lipinski definition) is 0. The van der Waals surface area contributed by atoms with Gasteiger partial charge in [-0.25, -0.2) is 14.6 Å². The highest BCUT2D eigenvalue weighted by molar-refractivity contribution is 5.89. The molecule has 2 aliphatic heterocycles. The van der Waals surface area contributed by atoms with Gasteiger partial charge in [-0.05, 0) is 49.9 Å². The van der Waals surface area contributed by atoms with E-state index in [0.29, 0.717) is 24.4 Å². The van der Waals surface area contributed by atoms with Crippen LogP contribution in [0.4, 0.5) is 4.79 Å². The smallest absolute Gasteiger partial charge is 0.457 e. The van der Waals surface area contributed by atoms with Crippen molar-refractivity contribution >= 4 is 28.9 Å². The predicted molar refractivity (Wildman–Crippen MR) is 166 cm³/mol. The van der Waals surface area contributed by atoms with E-state index in [2.05, 4.69) is 0 Å². The van der Waals surface area contributed by atoms with Crippen molar-refractivity contribution in [3.05, 3.63) is 98.8 Å². The number of benzene rings is 2. The Balaban J connectivity index is 1.43. The number of esters is 1. The van der Waals surface area contributed by atoms with Gasteiger partial charge in [0.05, 0.1) is 29.0 Å². The van der Waals surface area contributed by atoms with Crippen LogP contribution in [0.15, 0.2) is 65.5 Å². The molecule has 0 radical (unpaired) electrons. The average Bonchev–Trinajstić information content (AvgIpc) is 3.40. The zero-order chi connectivity index (χ0) is 31.9. The molecule has 2 aromatic heterocycles. The van der Waals surface area contributed by atoms with E-state index in [9.17, 15) is 19.2 Å². The van der Waals surface area contributed by atoms with Crippen molar-refractivity contribution in [3.63, 3.8) is 0 Å². The van der Waals surface area contributed by atoms with Gasteiger partial charge in [0.25, 0.3) is 5.56 Å². The number of hydrogen-bond acceptors (Lipinski definition) is 8. The average molecular weight is 610 g/mol. The summed E-state index contributed by atoms with van der Waals surface area (Å²) >= 11 is 0. The zero-order valence-corrected chi connectivity index (χ0v) is 25.8. The van der Waals surface area contributed by atoms with Crippen LogP contribution in [-0.2, 0) is 55.6 Å². The Morgan fingerprint density at radius 2 is 1.80 bits per heavy atom. The first kappa shape index (κ1) is 30.1. The lowest BCUT2D eigenvalue weighted by Gasteiger charge is -2.35. The number of para-hydroxylation sites is 1. The highest BCUT2D eigenvalue weighted by atomic mass is 16.7. The van der Waals surface area contributed by atoms with Gasteiger partial charge in [-0.3, -0.25) is 9.59 Å². The molecule has 0 spiro atoms. The Morgan fingerprint density at radius 1 is 1.07 bits per heavy atom. The van der Waals surface area contributed by atoms with Crippen molar-refractivity contribution in [2.24, 2.45) is 0 Å². The fraction of sp³-hybridized carbons (Fsp3) is 0.343. The van der Waals surface area contributed by atoms with Crippen LogP contribution in [0.5, 0.6) is 0 Å². The lowest BCUT2D eigenvalue weighted by molar-refractivity contribution is -0.175. The molecule has 45 heavy (non-hydrogen) atoms. The van der Waals surface area contributed by atoms with E-state index >= 15 is 0 Å². The Hall–Kier alpha value is -4.99. The van der Waals surface area contributed by atoms with Gasteiger partial charge in [-0.2, -0.15) is 0 Å². The molecule has 0 saturated carbocycles. The molecule has 2 aliphatic rings. The topological polar surface area (TPSA) is 117 Å². The summed E-state index contributed by atoms with van der Waals surface area (Å²) in [5.74, 6) is -0.767. The second-order valence-electron chi connectivity index (χ2n) is 11.7. The Labute approximate surface area is 260 Å². The number of amides is 1. The molecule has 1 atom stereocenters. The number of ether oxygens (including phenoxy) is 3. The SMILES string of the molecule is CC[C@@]1(OC(=O)OCc2ccccc2)C(=O)OCc2c1cc1n(c2=O)Cc2c-1nc1ccccc1c2CCN(C(C)=O)C(C)C. The maximum Gasteiger partial charge on any atom is 0.510 e. The molecule has 0 bridgehead atoms. The van der Waals surface area contributed by atoms with Gasteiger partial charge >= 0.3 is 12.1 Å². The van der Waals surface area contributed by atoms with Gasteiger partial charge in [-0.1, -0.05) is 55.5 Å². The van der Waals surface area contributed by atoms with Crippen LogP contribution in [0.2, 0.25) is 0 Å². The van der Waals surface area contributed by atoms with E-state index < -0.39 is 17.7 Å². The van der Waals surface area contributed by atoms with Crippen molar-refractivity contribution in [1.82, 2.24) is 14.5 Å². The summed E-state index contributed by atoms with van der Waals surface area (Å²) < 4.78 is 18.2. The third-order valence-corrected chi connectivity index (χ3v) is 8.77. The minimum absolute atomic E-state index is 0.00458. The molecular weight excluding hydrogens is 574 g/mol. The Morgan fingerprint density at radius 3 is 2.51 bits per heavy atom. The largest absolute Gasteiger partial charge is 0.510 e. The Bertz CT molecular complexity index is 1880. The molecule has 0 aliphatic carbocycles. The number of nitrogens with zero attached hydrogens (tertiary/aromatic N) is 3. The van der Waals surface area contributed by atoms with Crippen molar-refractivity contribution in [1.29, 1.82) is 0 Å². The monoisotopic (exact) mass is 609 g/mol. The number of carbonyl (C=O) groups is 3. The summed E-state index contributed by atoms with van der Waals surface area (Å²) in [7, 11) is 0. The van der Waals surface area contributed by atoms with Crippen LogP contribution in [0, 0.1) is 0 Å². The highest BCUT2D eigenvalue weighted by Crippen LogP contribution is 2.42.